The first-order valence-corrected chi connectivity index (χ1v) is 11.8. The average molecular weight is 530 g/mol. The molecule has 0 atom stereocenters. The predicted molar refractivity (Wildman–Crippen MR) is 147 cm³/mol. The molecule has 2 aromatic carbocycles. The van der Waals surface area contributed by atoms with Gasteiger partial charge in [-0.05, 0) is 55.0 Å². The van der Waals surface area contributed by atoms with Gasteiger partial charge in [0.15, 0.2) is 0 Å². The minimum Gasteiger partial charge on any atom is -0.465 e. The number of nitrogen functional groups attached to an aromatic ring is 1. The van der Waals surface area contributed by atoms with Crippen molar-refractivity contribution >= 4 is 35.2 Å². The molecule has 8 N–H and O–H groups in total. The Labute approximate surface area is 223 Å². The Hall–Kier alpha value is -5.01. The van der Waals surface area contributed by atoms with Crippen LogP contribution in [0.15, 0.2) is 54.7 Å². The van der Waals surface area contributed by atoms with E-state index < -0.39 is 12.0 Å². The highest BCUT2D eigenvalue weighted by Gasteiger charge is 2.19. The molecule has 4 rings (SSSR count). The number of halogens is 1. The molecule has 2 amide bonds. The van der Waals surface area contributed by atoms with Crippen molar-refractivity contribution in [2.75, 3.05) is 24.1 Å². The minimum absolute atomic E-state index is 0.0501. The van der Waals surface area contributed by atoms with Gasteiger partial charge >= 0.3 is 6.09 Å². The second kappa shape index (κ2) is 11.4. The van der Waals surface area contributed by atoms with E-state index in [0.29, 0.717) is 34.2 Å². The van der Waals surface area contributed by atoms with Crippen LogP contribution in [0.1, 0.15) is 27.0 Å². The molecule has 0 fully saturated rings. The van der Waals surface area contributed by atoms with Gasteiger partial charge in [-0.2, -0.15) is 0 Å². The normalized spacial score (nSPS) is 10.4. The molecule has 2 heterocycles. The molecule has 0 bridgehead atoms. The summed E-state index contributed by atoms with van der Waals surface area (Å²) in [6.45, 7) is 2.64. The highest BCUT2D eigenvalue weighted by Crippen LogP contribution is 2.33. The molecule has 38 heavy (non-hydrogen) atoms. The molecular weight excluding hydrogens is 506 g/mol. The van der Waals surface area contributed by atoms with Crippen molar-refractivity contribution in [2.45, 2.75) is 6.92 Å². The third-order valence-corrected chi connectivity index (χ3v) is 5.81. The number of carbonyl (C=O) groups excluding carboxylic acids is 1. The van der Waals surface area contributed by atoms with Gasteiger partial charge in [0.1, 0.15) is 5.69 Å². The van der Waals surface area contributed by atoms with E-state index >= 15 is 0 Å². The van der Waals surface area contributed by atoms with E-state index in [1.165, 1.54) is 6.20 Å². The number of hydrogen-bond acceptors (Lipinski definition) is 6. The standard InChI is InChI=1S/C27H24ClN7O3/c1-15-2-7-18(28)12-20(15)24-21(25(29)36)13-22(34-24)23-17(14-33-26(30)35-23)6-3-16-4-8-19(9-5-16)31-10-11-32-27(37)38/h2,4-5,7-9,12-14,31-32,34H,10-11H2,1H3,(H2,29,36)(H,37,38)(H2,30,33,35). The van der Waals surface area contributed by atoms with E-state index in [1.54, 1.807) is 18.2 Å². The van der Waals surface area contributed by atoms with Crippen LogP contribution in [0.5, 0.6) is 0 Å². The average Bonchev–Trinajstić information content (AvgIpc) is 3.33. The maximum Gasteiger partial charge on any atom is 0.404 e. The second-order valence-electron chi connectivity index (χ2n) is 8.27. The van der Waals surface area contributed by atoms with Gasteiger partial charge in [-0.25, -0.2) is 14.8 Å². The van der Waals surface area contributed by atoms with Crippen LogP contribution in [-0.4, -0.2) is 45.1 Å². The summed E-state index contributed by atoms with van der Waals surface area (Å²) in [6, 6.07) is 14.3. The fraction of sp³-hybridized carbons (Fsp3) is 0.111. The number of carboxylic acid groups (broad SMARTS) is 1. The number of primary amides is 1. The number of nitrogens with zero attached hydrogens (tertiary/aromatic N) is 2. The molecule has 192 valence electrons. The summed E-state index contributed by atoms with van der Waals surface area (Å²) < 4.78 is 0. The lowest BCUT2D eigenvalue weighted by molar-refractivity contribution is 0.100. The maximum absolute atomic E-state index is 12.3. The van der Waals surface area contributed by atoms with Gasteiger partial charge in [0.2, 0.25) is 5.95 Å². The van der Waals surface area contributed by atoms with Crippen molar-refractivity contribution in [2.24, 2.45) is 5.73 Å². The molecule has 0 radical (unpaired) electrons. The molecule has 0 aliphatic carbocycles. The van der Waals surface area contributed by atoms with Crippen LogP contribution in [-0.2, 0) is 0 Å². The van der Waals surface area contributed by atoms with E-state index in [9.17, 15) is 9.59 Å². The molecule has 0 aliphatic rings. The van der Waals surface area contributed by atoms with Crippen LogP contribution in [0.25, 0.3) is 22.6 Å². The number of benzene rings is 2. The van der Waals surface area contributed by atoms with E-state index in [2.05, 4.69) is 37.4 Å². The Morgan fingerprint density at radius 1 is 1.11 bits per heavy atom. The number of anilines is 2. The summed E-state index contributed by atoms with van der Waals surface area (Å²) in [5.74, 6) is 5.60. The molecule has 2 aromatic heterocycles. The molecule has 0 aliphatic heterocycles. The SMILES string of the molecule is Cc1ccc(Cl)cc1-c1[nH]c(-c2nc(N)ncc2C#Cc2ccc(NCCNC(=O)O)cc2)cc1C(N)=O. The molecule has 0 saturated carbocycles. The molecule has 4 aromatic rings. The van der Waals surface area contributed by atoms with Crippen molar-refractivity contribution in [3.8, 4) is 34.5 Å². The Morgan fingerprint density at radius 2 is 1.87 bits per heavy atom. The van der Waals surface area contributed by atoms with Crippen LogP contribution in [0.4, 0.5) is 16.4 Å². The first-order valence-electron chi connectivity index (χ1n) is 11.5. The molecule has 11 heteroatoms. The molecule has 10 nitrogen and oxygen atoms in total. The smallest absolute Gasteiger partial charge is 0.404 e. The summed E-state index contributed by atoms with van der Waals surface area (Å²) in [7, 11) is 0. The molecule has 0 spiro atoms. The van der Waals surface area contributed by atoms with Crippen molar-refractivity contribution in [3.63, 3.8) is 0 Å². The van der Waals surface area contributed by atoms with E-state index in [-0.39, 0.29) is 18.1 Å². The quantitative estimate of drug-likeness (QED) is 0.156. The summed E-state index contributed by atoms with van der Waals surface area (Å²) in [4.78, 5) is 34.5. The number of aryl methyl sites for hydroxylation is 1. The van der Waals surface area contributed by atoms with Crippen LogP contribution >= 0.6 is 11.6 Å². The van der Waals surface area contributed by atoms with Gasteiger partial charge in [-0.3, -0.25) is 4.79 Å². The number of amides is 2. The number of nitrogens with two attached hydrogens (primary N) is 2. The summed E-state index contributed by atoms with van der Waals surface area (Å²) in [5.41, 5.74) is 17.0. The number of nitrogens with one attached hydrogen (secondary N) is 3. The van der Waals surface area contributed by atoms with Crippen molar-refractivity contribution in [1.29, 1.82) is 0 Å². The Kier molecular flexibility index (Phi) is 7.80. The number of hydrogen-bond donors (Lipinski definition) is 6. The maximum atomic E-state index is 12.3. The van der Waals surface area contributed by atoms with E-state index in [4.69, 9.17) is 28.2 Å². The van der Waals surface area contributed by atoms with Crippen LogP contribution < -0.4 is 22.1 Å². The lowest BCUT2D eigenvalue weighted by atomic mass is 10.0. The lowest BCUT2D eigenvalue weighted by Gasteiger charge is -2.07. The molecule has 0 unspecified atom stereocenters. The van der Waals surface area contributed by atoms with Crippen molar-refractivity contribution < 1.29 is 14.7 Å². The van der Waals surface area contributed by atoms with Crippen LogP contribution in [0.3, 0.4) is 0 Å². The van der Waals surface area contributed by atoms with Gasteiger partial charge in [-0.1, -0.05) is 29.5 Å². The first kappa shape index (κ1) is 26.1. The summed E-state index contributed by atoms with van der Waals surface area (Å²) in [6.07, 6.45) is 0.454. The molecule has 0 saturated heterocycles. The van der Waals surface area contributed by atoms with Crippen LogP contribution in [0, 0.1) is 18.8 Å². The Bertz CT molecular complexity index is 1570. The van der Waals surface area contributed by atoms with Crippen LogP contribution in [0.2, 0.25) is 5.02 Å². The summed E-state index contributed by atoms with van der Waals surface area (Å²) in [5, 5.41) is 14.6. The zero-order valence-electron chi connectivity index (χ0n) is 20.3. The molecular formula is C27H24ClN7O3. The van der Waals surface area contributed by atoms with Crippen molar-refractivity contribution in [1.82, 2.24) is 20.3 Å². The van der Waals surface area contributed by atoms with Gasteiger partial charge in [-0.15, -0.1) is 0 Å². The van der Waals surface area contributed by atoms with Crippen molar-refractivity contribution in [3.05, 3.63) is 82.0 Å². The van der Waals surface area contributed by atoms with Gasteiger partial charge < -0.3 is 32.2 Å². The van der Waals surface area contributed by atoms with E-state index in [1.807, 2.05) is 37.3 Å². The number of carbonyl (C=O) groups is 2. The monoisotopic (exact) mass is 529 g/mol. The lowest BCUT2D eigenvalue weighted by Crippen LogP contribution is -2.26. The number of H-pyrrole nitrogens is 1. The zero-order chi connectivity index (χ0) is 27.2. The predicted octanol–water partition coefficient (Wildman–Crippen LogP) is 3.86. The fourth-order valence-electron chi connectivity index (χ4n) is 3.73. The first-order chi connectivity index (χ1) is 18.2. The number of rotatable bonds is 7. The van der Waals surface area contributed by atoms with E-state index in [0.717, 1.165) is 22.4 Å². The third kappa shape index (κ3) is 6.21. The minimum atomic E-state index is -1.07. The Balaban J connectivity index is 1.64. The Morgan fingerprint density at radius 3 is 2.58 bits per heavy atom. The summed E-state index contributed by atoms with van der Waals surface area (Å²) >= 11 is 6.21. The van der Waals surface area contributed by atoms with Gasteiger partial charge in [0.05, 0.1) is 22.5 Å². The largest absolute Gasteiger partial charge is 0.465 e. The highest BCUT2D eigenvalue weighted by molar-refractivity contribution is 6.31. The second-order valence-corrected chi connectivity index (χ2v) is 8.71. The highest BCUT2D eigenvalue weighted by atomic mass is 35.5. The fourth-order valence-corrected chi connectivity index (χ4v) is 3.90. The van der Waals surface area contributed by atoms with Gasteiger partial charge in [0.25, 0.3) is 5.91 Å². The zero-order valence-corrected chi connectivity index (χ0v) is 21.1. The topological polar surface area (TPSA) is 172 Å². The number of aromatic nitrogens is 3. The third-order valence-electron chi connectivity index (χ3n) is 5.57. The number of aromatic amines is 1. The van der Waals surface area contributed by atoms with Gasteiger partial charge in [0, 0.05) is 41.1 Å².